The zero-order valence-corrected chi connectivity index (χ0v) is 5.71. The van der Waals surface area contributed by atoms with Gasteiger partial charge in [0.05, 0.1) is 0 Å². The summed E-state index contributed by atoms with van der Waals surface area (Å²) in [7, 11) is 0. The van der Waals surface area contributed by atoms with E-state index < -0.39 is 0 Å². The van der Waals surface area contributed by atoms with Crippen LogP contribution in [0.4, 0.5) is 0 Å². The molecule has 2 fully saturated rings. The van der Waals surface area contributed by atoms with Gasteiger partial charge in [0.15, 0.2) is 0 Å². The van der Waals surface area contributed by atoms with E-state index in [1.165, 1.54) is 25.9 Å². The van der Waals surface area contributed by atoms with E-state index in [9.17, 15) is 0 Å². The van der Waals surface area contributed by atoms with Gasteiger partial charge in [-0.25, -0.2) is 0 Å². The van der Waals surface area contributed by atoms with Crippen LogP contribution in [0.1, 0.15) is 12.8 Å². The van der Waals surface area contributed by atoms with Crippen LogP contribution in [0.2, 0.25) is 0 Å². The molecule has 1 saturated carbocycles. The summed E-state index contributed by atoms with van der Waals surface area (Å²) >= 11 is 0. The highest BCUT2D eigenvalue weighted by Crippen LogP contribution is 2.36. The van der Waals surface area contributed by atoms with Gasteiger partial charge in [-0.1, -0.05) is 0 Å². The predicted octanol–water partition coefficient (Wildman–Crippen LogP) is 1.04. The Morgan fingerprint density at radius 2 is 1.50 bits per heavy atom. The van der Waals surface area contributed by atoms with Crippen LogP contribution in [0.5, 0.6) is 0 Å². The minimum Gasteiger partial charge on any atom is -0.316 e. The molecule has 0 aromatic rings. The van der Waals surface area contributed by atoms with Gasteiger partial charge in [-0.3, -0.25) is 0 Å². The molecule has 0 bridgehead atoms. The molecule has 1 aliphatic heterocycles. The van der Waals surface area contributed by atoms with E-state index in [1.54, 1.807) is 0 Å². The molecule has 8 heavy (non-hydrogen) atoms. The van der Waals surface area contributed by atoms with Crippen molar-refractivity contribution in [3.63, 3.8) is 0 Å². The summed E-state index contributed by atoms with van der Waals surface area (Å²) in [4.78, 5) is 0. The lowest BCUT2D eigenvalue weighted by molar-refractivity contribution is 0.243. The summed E-state index contributed by atoms with van der Waals surface area (Å²) in [5.74, 6) is 2.17. The molecule has 0 aromatic carbocycles. The molecule has 1 nitrogen and oxygen atoms in total. The predicted molar refractivity (Wildman–Crippen MR) is 36.3 cm³/mol. The SMILES string of the molecule is C1CC2CNCC12.Cl. The van der Waals surface area contributed by atoms with Gasteiger partial charge in [-0.05, 0) is 37.8 Å². The average molecular weight is 134 g/mol. The molecule has 2 heteroatoms. The van der Waals surface area contributed by atoms with Crippen molar-refractivity contribution in [2.45, 2.75) is 12.8 Å². The van der Waals surface area contributed by atoms with Gasteiger partial charge in [0.25, 0.3) is 0 Å². The van der Waals surface area contributed by atoms with E-state index in [0.717, 1.165) is 11.8 Å². The second kappa shape index (κ2) is 2.24. The Kier molecular flexibility index (Phi) is 1.78. The minimum atomic E-state index is 0. The van der Waals surface area contributed by atoms with Crippen LogP contribution in [-0.2, 0) is 0 Å². The van der Waals surface area contributed by atoms with Gasteiger partial charge in [0.2, 0.25) is 0 Å². The van der Waals surface area contributed by atoms with E-state index in [2.05, 4.69) is 5.32 Å². The number of nitrogens with one attached hydrogen (secondary N) is 1. The van der Waals surface area contributed by atoms with Crippen LogP contribution in [0.3, 0.4) is 0 Å². The van der Waals surface area contributed by atoms with Gasteiger partial charge in [0.1, 0.15) is 0 Å². The summed E-state index contributed by atoms with van der Waals surface area (Å²) in [6.07, 6.45) is 3.00. The Bertz CT molecular complexity index is 74.6. The van der Waals surface area contributed by atoms with Crippen LogP contribution >= 0.6 is 12.4 Å². The Balaban J connectivity index is 0.000000320. The van der Waals surface area contributed by atoms with Crippen molar-refractivity contribution < 1.29 is 0 Å². The second-order valence-corrected chi connectivity index (χ2v) is 2.76. The van der Waals surface area contributed by atoms with Crippen LogP contribution < -0.4 is 5.32 Å². The first-order valence-corrected chi connectivity index (χ1v) is 3.17. The van der Waals surface area contributed by atoms with Crippen LogP contribution in [0.15, 0.2) is 0 Å². The van der Waals surface area contributed by atoms with Gasteiger partial charge in [0, 0.05) is 0 Å². The first kappa shape index (κ1) is 6.37. The van der Waals surface area contributed by atoms with Gasteiger partial charge < -0.3 is 5.32 Å². The molecule has 48 valence electrons. The fourth-order valence-electron chi connectivity index (χ4n) is 1.63. The molecule has 1 saturated heterocycles. The lowest BCUT2D eigenvalue weighted by Gasteiger charge is -2.28. The highest BCUT2D eigenvalue weighted by atomic mass is 35.5. The smallest absolute Gasteiger partial charge is 0.00173 e. The van der Waals surface area contributed by atoms with Crippen molar-refractivity contribution in [1.82, 2.24) is 5.32 Å². The second-order valence-electron chi connectivity index (χ2n) is 2.76. The summed E-state index contributed by atoms with van der Waals surface area (Å²) in [5, 5.41) is 3.38. The summed E-state index contributed by atoms with van der Waals surface area (Å²) in [6, 6.07) is 0. The Hall–Kier alpha value is 0.250. The third-order valence-electron chi connectivity index (χ3n) is 2.39. The van der Waals surface area contributed by atoms with Gasteiger partial charge in [-0.15, -0.1) is 12.4 Å². The quantitative estimate of drug-likeness (QED) is 0.521. The van der Waals surface area contributed by atoms with Gasteiger partial charge >= 0.3 is 0 Å². The maximum atomic E-state index is 3.38. The van der Waals surface area contributed by atoms with Crippen LogP contribution in [0, 0.1) is 11.8 Å². The normalized spacial score (nSPS) is 42.0. The molecule has 2 atom stereocenters. The first-order chi connectivity index (χ1) is 3.47. The van der Waals surface area contributed by atoms with E-state index in [4.69, 9.17) is 0 Å². The zero-order valence-electron chi connectivity index (χ0n) is 4.89. The Labute approximate surface area is 56.3 Å². The summed E-state index contributed by atoms with van der Waals surface area (Å²) in [5.41, 5.74) is 0. The third kappa shape index (κ3) is 0.741. The monoisotopic (exact) mass is 133 g/mol. The molecule has 1 N–H and O–H groups in total. The summed E-state index contributed by atoms with van der Waals surface area (Å²) < 4.78 is 0. The molecule has 0 amide bonds. The average Bonchev–Trinajstić information content (AvgIpc) is 1.85. The van der Waals surface area contributed by atoms with Crippen molar-refractivity contribution in [2.75, 3.05) is 13.1 Å². The van der Waals surface area contributed by atoms with E-state index in [-0.39, 0.29) is 12.4 Å². The summed E-state index contributed by atoms with van der Waals surface area (Å²) in [6.45, 7) is 2.62. The highest BCUT2D eigenvalue weighted by molar-refractivity contribution is 5.85. The number of halogens is 1. The molecular formula is C6H12ClN. The molecule has 1 aliphatic carbocycles. The molecule has 0 radical (unpaired) electrons. The van der Waals surface area contributed by atoms with E-state index in [0.29, 0.717) is 0 Å². The molecule has 2 rings (SSSR count). The van der Waals surface area contributed by atoms with Crippen LogP contribution in [-0.4, -0.2) is 13.1 Å². The van der Waals surface area contributed by atoms with Crippen molar-refractivity contribution in [1.29, 1.82) is 0 Å². The van der Waals surface area contributed by atoms with E-state index in [1.807, 2.05) is 0 Å². The van der Waals surface area contributed by atoms with Crippen molar-refractivity contribution in [2.24, 2.45) is 11.8 Å². The van der Waals surface area contributed by atoms with Crippen LogP contribution in [0.25, 0.3) is 0 Å². The molecule has 2 unspecified atom stereocenters. The standard InChI is InChI=1S/C6H11N.ClH/c1-2-6-4-7-3-5(1)6;/h5-7H,1-4H2;1H. The number of hydrogen-bond acceptors (Lipinski definition) is 1. The molecule has 0 spiro atoms. The third-order valence-corrected chi connectivity index (χ3v) is 2.39. The first-order valence-electron chi connectivity index (χ1n) is 3.17. The van der Waals surface area contributed by atoms with Gasteiger partial charge in [-0.2, -0.15) is 0 Å². The fraction of sp³-hybridized carbons (Fsp3) is 1.00. The zero-order chi connectivity index (χ0) is 4.69. The number of hydrogen-bond donors (Lipinski definition) is 1. The lowest BCUT2D eigenvalue weighted by Crippen LogP contribution is -2.22. The number of rotatable bonds is 0. The Morgan fingerprint density at radius 3 is 1.75 bits per heavy atom. The fourth-order valence-corrected chi connectivity index (χ4v) is 1.63. The molecule has 2 aliphatic rings. The topological polar surface area (TPSA) is 12.0 Å². The largest absolute Gasteiger partial charge is 0.316 e. The molecule has 0 aromatic heterocycles. The minimum absolute atomic E-state index is 0. The Morgan fingerprint density at radius 1 is 1.00 bits per heavy atom. The molecular weight excluding hydrogens is 122 g/mol. The highest BCUT2D eigenvalue weighted by Gasteiger charge is 2.34. The maximum Gasteiger partial charge on any atom is -0.00173 e. The van der Waals surface area contributed by atoms with E-state index >= 15 is 0 Å². The van der Waals surface area contributed by atoms with Crippen molar-refractivity contribution in [3.05, 3.63) is 0 Å². The maximum absolute atomic E-state index is 3.38. The lowest BCUT2D eigenvalue weighted by atomic mass is 9.77. The molecule has 1 heterocycles. The van der Waals surface area contributed by atoms with Crippen molar-refractivity contribution in [3.8, 4) is 0 Å². The number of fused-ring (bicyclic) bond motifs is 1. The van der Waals surface area contributed by atoms with Crippen molar-refractivity contribution >= 4 is 12.4 Å².